The van der Waals surface area contributed by atoms with E-state index in [1.54, 1.807) is 18.2 Å². The van der Waals surface area contributed by atoms with Crippen LogP contribution in [0.2, 0.25) is 0 Å². The topological polar surface area (TPSA) is 153 Å². The zero-order valence-corrected chi connectivity index (χ0v) is 33.5. The Hall–Kier alpha value is -6.78. The normalized spacial score (nSPS) is 13.2. The maximum atomic E-state index is 13.7. The second-order valence-electron chi connectivity index (χ2n) is 13.0. The largest absolute Gasteiger partial charge is 0.489 e. The highest BCUT2D eigenvalue weighted by Gasteiger charge is 2.36. The second-order valence-corrected chi connectivity index (χ2v) is 14.9. The van der Waals surface area contributed by atoms with Crippen molar-refractivity contribution in [2.75, 3.05) is 30.1 Å². The minimum absolute atomic E-state index is 0.0473. The Morgan fingerprint density at radius 2 is 1.74 bits per heavy atom. The molecule has 18 heteroatoms. The van der Waals surface area contributed by atoms with Crippen molar-refractivity contribution in [2.24, 2.45) is 10.2 Å². The van der Waals surface area contributed by atoms with E-state index < -0.39 is 23.5 Å². The zero-order valence-electron chi connectivity index (χ0n) is 31.9. The molecule has 0 radical (unpaired) electrons. The zero-order chi connectivity index (χ0) is 42.8. The van der Waals surface area contributed by atoms with Crippen molar-refractivity contribution in [1.29, 1.82) is 0 Å². The number of carbonyl (C=O) groups excluding carboxylic acids is 2. The molecule has 0 unspecified atom stereocenters. The number of alkyl halides is 3. The number of nitrogens with one attached hydrogen (secondary N) is 3. The van der Waals surface area contributed by atoms with Gasteiger partial charge in [-0.05, 0) is 35.9 Å². The van der Waals surface area contributed by atoms with Gasteiger partial charge in [0.05, 0.1) is 24.1 Å². The number of hydrogen-bond donors (Lipinski definition) is 4. The Morgan fingerprint density at radius 3 is 2.49 bits per heavy atom. The molecule has 1 aliphatic heterocycles. The van der Waals surface area contributed by atoms with Gasteiger partial charge in [0.15, 0.2) is 5.71 Å². The summed E-state index contributed by atoms with van der Waals surface area (Å²) in [7, 11) is 0. The van der Waals surface area contributed by atoms with Crippen molar-refractivity contribution in [2.45, 2.75) is 25.7 Å². The van der Waals surface area contributed by atoms with Gasteiger partial charge >= 0.3 is 12.1 Å². The summed E-state index contributed by atoms with van der Waals surface area (Å²) in [4.78, 5) is 35.8. The lowest BCUT2D eigenvalue weighted by Crippen LogP contribution is -2.28. The summed E-state index contributed by atoms with van der Waals surface area (Å²) in [5.41, 5.74) is 5.52. The van der Waals surface area contributed by atoms with Crippen LogP contribution in [-0.4, -0.2) is 58.0 Å². The number of benzene rings is 4. The van der Waals surface area contributed by atoms with E-state index >= 15 is 0 Å². The molecule has 6 aromatic rings. The van der Waals surface area contributed by atoms with Crippen LogP contribution in [0.5, 0.6) is 5.75 Å². The molecule has 3 heterocycles. The number of hydrogen-bond acceptors (Lipinski definition) is 12. The number of hydrazone groups is 2. The maximum Gasteiger partial charge on any atom is 0.419 e. The van der Waals surface area contributed by atoms with E-state index in [1.807, 2.05) is 66.0 Å². The molecule has 1 aliphatic rings. The average Bonchev–Trinajstić information content (AvgIpc) is 4.03. The van der Waals surface area contributed by atoms with E-state index in [2.05, 4.69) is 48.1 Å². The van der Waals surface area contributed by atoms with Crippen LogP contribution in [0.15, 0.2) is 119 Å². The first kappa shape index (κ1) is 42.3. The standard InChI is InChI=1S/C43H34F4N8O4S2/c44-33-16-14-28(22-32(33)43(45,46)47)25-59-35-17-15-27(21-31(35)23-48-19-20-56)9-7-8-18-49-39(57)36-24-50-41(61-36)53-52-38-37(30-12-5-2-6-13-30)54-55(40(38)58)42-51-34(26-60-42)29-10-3-1-4-11-29/h1-6,10-17,21-22,24,26,48,56H,8,18-20,23,25H2,(H,49,57)(H,50,53). The van der Waals surface area contributed by atoms with Gasteiger partial charge in [0, 0.05) is 53.7 Å². The van der Waals surface area contributed by atoms with E-state index in [1.165, 1.54) is 28.6 Å². The number of rotatable bonds is 15. The molecule has 0 atom stereocenters. The molecule has 0 spiro atoms. The number of thiazole rings is 2. The lowest BCUT2D eigenvalue weighted by molar-refractivity contribution is -0.140. The number of ether oxygens (including phenoxy) is 1. The van der Waals surface area contributed by atoms with Gasteiger partial charge in [0.25, 0.3) is 5.91 Å². The summed E-state index contributed by atoms with van der Waals surface area (Å²) in [5.74, 6) is 4.19. The van der Waals surface area contributed by atoms with Crippen LogP contribution in [0.3, 0.4) is 0 Å². The fourth-order valence-corrected chi connectivity index (χ4v) is 7.28. The van der Waals surface area contributed by atoms with Crippen molar-refractivity contribution < 1.29 is 37.0 Å². The van der Waals surface area contributed by atoms with Crippen molar-refractivity contribution in [3.8, 4) is 28.8 Å². The minimum Gasteiger partial charge on any atom is -0.489 e. The monoisotopic (exact) mass is 866 g/mol. The molecule has 0 fully saturated rings. The van der Waals surface area contributed by atoms with Gasteiger partial charge in [-0.25, -0.2) is 14.4 Å². The molecule has 0 saturated heterocycles. The number of nitrogens with zero attached hydrogens (tertiary/aromatic N) is 5. The number of amides is 2. The van der Waals surface area contributed by atoms with Gasteiger partial charge in [0.2, 0.25) is 10.3 Å². The second kappa shape index (κ2) is 19.5. The molecule has 2 aromatic heterocycles. The third-order valence-corrected chi connectivity index (χ3v) is 10.5. The van der Waals surface area contributed by atoms with Gasteiger partial charge in [-0.2, -0.15) is 28.4 Å². The Morgan fingerprint density at radius 1 is 0.967 bits per heavy atom. The molecule has 0 bridgehead atoms. The molecular formula is C43H34F4N8O4S2. The van der Waals surface area contributed by atoms with Crippen LogP contribution in [0, 0.1) is 17.7 Å². The van der Waals surface area contributed by atoms with Gasteiger partial charge < -0.3 is 20.5 Å². The Balaban J connectivity index is 0.952. The Kier molecular flexibility index (Phi) is 13.6. The van der Waals surface area contributed by atoms with Crippen molar-refractivity contribution in [3.63, 3.8) is 0 Å². The lowest BCUT2D eigenvalue weighted by atomic mass is 10.1. The van der Waals surface area contributed by atoms with Crippen LogP contribution >= 0.6 is 22.7 Å². The number of aromatic nitrogens is 2. The number of halogens is 4. The Bertz CT molecular complexity index is 2640. The van der Waals surface area contributed by atoms with E-state index in [9.17, 15) is 32.3 Å². The average molecular weight is 867 g/mol. The smallest absolute Gasteiger partial charge is 0.419 e. The predicted octanol–water partition coefficient (Wildman–Crippen LogP) is 7.48. The number of anilines is 2. The lowest BCUT2D eigenvalue weighted by Gasteiger charge is -2.14. The van der Waals surface area contributed by atoms with Gasteiger partial charge in [-0.3, -0.25) is 15.0 Å². The van der Waals surface area contributed by atoms with Gasteiger partial charge in [0.1, 0.15) is 28.8 Å². The van der Waals surface area contributed by atoms with Crippen LogP contribution in [0.1, 0.15) is 43.9 Å². The summed E-state index contributed by atoms with van der Waals surface area (Å²) in [6.45, 7) is 0.444. The maximum absolute atomic E-state index is 13.7. The molecule has 4 N–H and O–H groups in total. The molecule has 0 saturated carbocycles. The summed E-state index contributed by atoms with van der Waals surface area (Å²) >= 11 is 2.33. The first-order valence-corrected chi connectivity index (χ1v) is 20.3. The van der Waals surface area contributed by atoms with Crippen molar-refractivity contribution in [3.05, 3.63) is 147 Å². The summed E-state index contributed by atoms with van der Waals surface area (Å²) in [6, 6.07) is 26.5. The van der Waals surface area contributed by atoms with Gasteiger partial charge in [-0.1, -0.05) is 89.9 Å². The molecule has 4 aromatic carbocycles. The first-order chi connectivity index (χ1) is 29.6. The van der Waals surface area contributed by atoms with Crippen molar-refractivity contribution in [1.82, 2.24) is 20.6 Å². The van der Waals surface area contributed by atoms with Crippen LogP contribution in [-0.2, 0) is 24.1 Å². The van der Waals surface area contributed by atoms with Gasteiger partial charge in [-0.15, -0.1) is 11.3 Å². The highest BCUT2D eigenvalue weighted by atomic mass is 32.1. The summed E-state index contributed by atoms with van der Waals surface area (Å²) in [6.07, 6.45) is -3.14. The Labute approximate surface area is 354 Å². The number of aliphatic hydroxyl groups excluding tert-OH is 1. The summed E-state index contributed by atoms with van der Waals surface area (Å²) in [5, 5.41) is 27.8. The molecule has 61 heavy (non-hydrogen) atoms. The van der Waals surface area contributed by atoms with Crippen LogP contribution in [0.25, 0.3) is 11.3 Å². The highest BCUT2D eigenvalue weighted by Crippen LogP contribution is 2.33. The predicted molar refractivity (Wildman–Crippen MR) is 226 cm³/mol. The fraction of sp³-hybridized carbons (Fsp3) is 0.163. The SMILES string of the molecule is O=C(NCCC#Cc1ccc(OCc2ccc(F)c(C(F)(F)F)c2)c(CNCCO)c1)c1cnc(NN=C2C(=O)N(c3nc(-c4ccccc4)cs3)N=C2c2ccccc2)s1. The molecular weight excluding hydrogens is 833 g/mol. The van der Waals surface area contributed by atoms with E-state index in [0.29, 0.717) is 62.9 Å². The van der Waals surface area contributed by atoms with Crippen molar-refractivity contribution >= 4 is 56.2 Å². The molecule has 2 amide bonds. The minimum atomic E-state index is -4.84. The quantitative estimate of drug-likeness (QED) is 0.0359. The molecule has 7 rings (SSSR count). The number of aliphatic hydroxyl groups is 1. The number of carbonyl (C=O) groups is 2. The molecule has 0 aliphatic carbocycles. The van der Waals surface area contributed by atoms with E-state index in [-0.39, 0.29) is 48.6 Å². The van der Waals surface area contributed by atoms with Crippen LogP contribution < -0.4 is 25.8 Å². The van der Waals surface area contributed by atoms with E-state index in [4.69, 9.17) is 4.74 Å². The fourth-order valence-electron chi connectivity index (χ4n) is 5.82. The third kappa shape index (κ3) is 10.7. The highest BCUT2D eigenvalue weighted by molar-refractivity contribution is 7.17. The van der Waals surface area contributed by atoms with Crippen LogP contribution in [0.4, 0.5) is 27.8 Å². The molecule has 310 valence electrons. The summed E-state index contributed by atoms with van der Waals surface area (Å²) < 4.78 is 59.1. The van der Waals surface area contributed by atoms with E-state index in [0.717, 1.165) is 23.0 Å². The molecule has 12 nitrogen and oxygen atoms in total. The third-order valence-electron chi connectivity index (χ3n) is 8.77. The first-order valence-electron chi connectivity index (χ1n) is 18.6.